The van der Waals surface area contributed by atoms with Gasteiger partial charge in [-0.25, -0.2) is 0 Å². The van der Waals surface area contributed by atoms with Crippen molar-refractivity contribution in [3.63, 3.8) is 0 Å². The standard InChI is InChI=1S/C24H29ClN2O4Si/c1-14(23(29)30)20-17-12-16(25)7-8-18(17)27-21(20)22(28)19-11-15(9-10-26-19)13-31-32(5,6)24(2,3)4/h7-12,14,27H,13H2,1-6H3,(H,29,30). The van der Waals surface area contributed by atoms with Gasteiger partial charge in [0.05, 0.1) is 18.2 Å². The Hall–Kier alpha value is -2.48. The zero-order valence-corrected chi connectivity index (χ0v) is 21.0. The van der Waals surface area contributed by atoms with Gasteiger partial charge < -0.3 is 14.5 Å². The van der Waals surface area contributed by atoms with Gasteiger partial charge in [0.25, 0.3) is 0 Å². The first kappa shape index (κ1) is 24.2. The van der Waals surface area contributed by atoms with Crippen LogP contribution < -0.4 is 0 Å². The number of rotatable bonds is 7. The maximum Gasteiger partial charge on any atom is 0.310 e. The van der Waals surface area contributed by atoms with Gasteiger partial charge in [-0.2, -0.15) is 0 Å². The van der Waals surface area contributed by atoms with Crippen molar-refractivity contribution in [1.82, 2.24) is 9.97 Å². The Kier molecular flexibility index (Phi) is 6.65. The van der Waals surface area contributed by atoms with Crippen molar-refractivity contribution in [3.8, 4) is 0 Å². The normalized spacial score (nSPS) is 13.3. The van der Waals surface area contributed by atoms with Gasteiger partial charge in [0, 0.05) is 27.7 Å². The zero-order chi connectivity index (χ0) is 23.8. The molecule has 0 saturated carbocycles. The summed E-state index contributed by atoms with van der Waals surface area (Å²) in [5, 5.41) is 10.8. The van der Waals surface area contributed by atoms with Gasteiger partial charge in [-0.15, -0.1) is 0 Å². The van der Waals surface area contributed by atoms with Crippen molar-refractivity contribution in [2.75, 3.05) is 0 Å². The van der Waals surface area contributed by atoms with Gasteiger partial charge in [-0.1, -0.05) is 32.4 Å². The maximum atomic E-state index is 13.4. The number of hydrogen-bond donors (Lipinski definition) is 2. The molecule has 170 valence electrons. The second-order valence-electron chi connectivity index (χ2n) is 9.59. The molecule has 8 heteroatoms. The highest BCUT2D eigenvalue weighted by Crippen LogP contribution is 2.37. The highest BCUT2D eigenvalue weighted by molar-refractivity contribution is 6.74. The predicted octanol–water partition coefficient (Wildman–Crippen LogP) is 6.16. The number of nitrogens with zero attached hydrogens (tertiary/aromatic N) is 1. The van der Waals surface area contributed by atoms with Crippen LogP contribution in [0.25, 0.3) is 10.9 Å². The highest BCUT2D eigenvalue weighted by atomic mass is 35.5. The number of aromatic nitrogens is 2. The van der Waals surface area contributed by atoms with Crippen LogP contribution in [0.3, 0.4) is 0 Å². The highest BCUT2D eigenvalue weighted by Gasteiger charge is 2.37. The van der Waals surface area contributed by atoms with Crippen molar-refractivity contribution < 1.29 is 19.1 Å². The Morgan fingerprint density at radius 3 is 2.53 bits per heavy atom. The lowest BCUT2D eigenvalue weighted by Crippen LogP contribution is -2.40. The lowest BCUT2D eigenvalue weighted by molar-refractivity contribution is -0.138. The molecule has 2 heterocycles. The van der Waals surface area contributed by atoms with E-state index in [1.165, 1.54) is 0 Å². The predicted molar refractivity (Wildman–Crippen MR) is 129 cm³/mol. The van der Waals surface area contributed by atoms with E-state index >= 15 is 0 Å². The fourth-order valence-electron chi connectivity index (χ4n) is 3.23. The van der Waals surface area contributed by atoms with Crippen LogP contribution in [-0.4, -0.2) is 35.1 Å². The van der Waals surface area contributed by atoms with Crippen LogP contribution in [-0.2, 0) is 15.8 Å². The average Bonchev–Trinajstić information content (AvgIpc) is 3.08. The van der Waals surface area contributed by atoms with Crippen LogP contribution in [0.5, 0.6) is 0 Å². The smallest absolute Gasteiger partial charge is 0.310 e. The van der Waals surface area contributed by atoms with Crippen molar-refractivity contribution >= 4 is 42.6 Å². The van der Waals surface area contributed by atoms with E-state index in [0.717, 1.165) is 5.56 Å². The number of benzene rings is 1. The number of H-pyrrole nitrogens is 1. The third kappa shape index (κ3) is 4.80. The summed E-state index contributed by atoms with van der Waals surface area (Å²) in [6, 6.07) is 8.65. The molecule has 2 aromatic heterocycles. The minimum Gasteiger partial charge on any atom is -0.481 e. The maximum absolute atomic E-state index is 13.4. The van der Waals surface area contributed by atoms with Crippen LogP contribution in [0.15, 0.2) is 36.5 Å². The zero-order valence-electron chi connectivity index (χ0n) is 19.2. The summed E-state index contributed by atoms with van der Waals surface area (Å²) in [6.45, 7) is 12.8. The molecule has 1 unspecified atom stereocenters. The number of nitrogens with one attached hydrogen (secondary N) is 1. The Labute approximate surface area is 194 Å². The Morgan fingerprint density at radius 2 is 1.91 bits per heavy atom. The molecule has 0 saturated heterocycles. The number of aliphatic carboxylic acids is 1. The second-order valence-corrected chi connectivity index (χ2v) is 14.8. The molecule has 0 aliphatic carbocycles. The number of carbonyl (C=O) groups is 2. The third-order valence-corrected chi connectivity index (χ3v) is 11.0. The SMILES string of the molecule is CC(C(=O)O)c1c(C(=O)c2cc(CO[Si](C)(C)C(C)(C)C)ccn2)[nH]c2ccc(Cl)cc12. The summed E-state index contributed by atoms with van der Waals surface area (Å²) < 4.78 is 6.27. The molecular weight excluding hydrogens is 444 g/mol. The number of carboxylic acid groups (broad SMARTS) is 1. The molecule has 0 fully saturated rings. The first-order valence-corrected chi connectivity index (χ1v) is 13.8. The van der Waals surface area contributed by atoms with Gasteiger partial charge in [-0.05, 0) is 61.0 Å². The summed E-state index contributed by atoms with van der Waals surface area (Å²) in [6.07, 6.45) is 1.58. The second kappa shape index (κ2) is 8.81. The molecule has 3 rings (SSSR count). The van der Waals surface area contributed by atoms with Crippen molar-refractivity contribution in [3.05, 3.63) is 64.1 Å². The molecule has 3 aromatic rings. The number of carbonyl (C=O) groups excluding carboxylic acids is 1. The fourth-order valence-corrected chi connectivity index (χ4v) is 4.37. The van der Waals surface area contributed by atoms with E-state index in [1.54, 1.807) is 37.4 Å². The summed E-state index contributed by atoms with van der Waals surface area (Å²) >= 11 is 6.14. The van der Waals surface area contributed by atoms with Crippen LogP contribution in [0.2, 0.25) is 23.2 Å². The molecule has 0 aliphatic heterocycles. The first-order chi connectivity index (χ1) is 14.8. The Bertz CT molecular complexity index is 1180. The molecule has 1 atom stereocenters. The number of fused-ring (bicyclic) bond motifs is 1. The van der Waals surface area contributed by atoms with Crippen LogP contribution in [0, 0.1) is 0 Å². The van der Waals surface area contributed by atoms with Gasteiger partial charge in [0.2, 0.25) is 5.78 Å². The largest absolute Gasteiger partial charge is 0.481 e. The molecule has 0 spiro atoms. The number of carboxylic acids is 1. The van der Waals surface area contributed by atoms with E-state index in [0.29, 0.717) is 28.1 Å². The van der Waals surface area contributed by atoms with E-state index in [1.807, 2.05) is 6.07 Å². The number of halogens is 1. The van der Waals surface area contributed by atoms with E-state index in [9.17, 15) is 14.7 Å². The van der Waals surface area contributed by atoms with Crippen molar-refractivity contribution in [2.45, 2.75) is 58.4 Å². The Balaban J connectivity index is 1.99. The molecule has 0 radical (unpaired) electrons. The van der Waals surface area contributed by atoms with E-state index in [-0.39, 0.29) is 22.2 Å². The fraction of sp³-hybridized carbons (Fsp3) is 0.375. The molecule has 6 nitrogen and oxygen atoms in total. The Morgan fingerprint density at radius 1 is 1.22 bits per heavy atom. The molecule has 0 amide bonds. The quantitative estimate of drug-likeness (QED) is 0.317. The number of hydrogen-bond acceptors (Lipinski definition) is 4. The summed E-state index contributed by atoms with van der Waals surface area (Å²) in [4.78, 5) is 32.5. The lowest BCUT2D eigenvalue weighted by Gasteiger charge is -2.36. The summed E-state index contributed by atoms with van der Waals surface area (Å²) in [7, 11) is -1.95. The lowest BCUT2D eigenvalue weighted by atomic mass is 9.95. The number of ketones is 1. The number of pyridine rings is 1. The summed E-state index contributed by atoms with van der Waals surface area (Å²) in [5.41, 5.74) is 2.35. The van der Waals surface area contributed by atoms with Gasteiger partial charge in [0.1, 0.15) is 5.69 Å². The van der Waals surface area contributed by atoms with Gasteiger partial charge >= 0.3 is 5.97 Å². The van der Waals surface area contributed by atoms with E-state index in [4.69, 9.17) is 16.0 Å². The molecular formula is C24H29ClN2O4Si. The van der Waals surface area contributed by atoms with Gasteiger partial charge in [-0.3, -0.25) is 14.6 Å². The molecule has 2 N–H and O–H groups in total. The van der Waals surface area contributed by atoms with Gasteiger partial charge in [0.15, 0.2) is 8.32 Å². The number of aromatic amines is 1. The van der Waals surface area contributed by atoms with E-state index in [2.05, 4.69) is 43.8 Å². The van der Waals surface area contributed by atoms with E-state index < -0.39 is 20.2 Å². The molecule has 1 aromatic carbocycles. The minimum absolute atomic E-state index is 0.0756. The molecule has 0 aliphatic rings. The molecule has 0 bridgehead atoms. The monoisotopic (exact) mass is 472 g/mol. The first-order valence-electron chi connectivity index (χ1n) is 10.5. The average molecular weight is 473 g/mol. The minimum atomic E-state index is -1.95. The van der Waals surface area contributed by atoms with Crippen molar-refractivity contribution in [2.24, 2.45) is 0 Å². The summed E-state index contributed by atoms with van der Waals surface area (Å²) in [5.74, 6) is -2.29. The van der Waals surface area contributed by atoms with Crippen LogP contribution in [0.4, 0.5) is 0 Å². The van der Waals surface area contributed by atoms with Crippen LogP contribution in [0.1, 0.15) is 60.9 Å². The molecule has 32 heavy (non-hydrogen) atoms. The van der Waals surface area contributed by atoms with Crippen LogP contribution >= 0.6 is 11.6 Å². The third-order valence-electron chi connectivity index (χ3n) is 6.29. The topological polar surface area (TPSA) is 92.3 Å². The van der Waals surface area contributed by atoms with Crippen molar-refractivity contribution in [1.29, 1.82) is 0 Å².